The molecule has 0 saturated heterocycles. The second kappa shape index (κ2) is 9.25. The molecule has 1 aromatic carbocycles. The molecule has 6 nitrogen and oxygen atoms in total. The molecule has 0 fully saturated rings. The summed E-state index contributed by atoms with van der Waals surface area (Å²) < 4.78 is 5.07. The molecule has 0 radical (unpaired) electrons. The molecular weight excluding hydrogens is 292 g/mol. The van der Waals surface area contributed by atoms with Gasteiger partial charge in [0.2, 0.25) is 5.91 Å². The summed E-state index contributed by atoms with van der Waals surface area (Å²) in [7, 11) is 1.61. The van der Waals surface area contributed by atoms with Crippen molar-refractivity contribution in [3.8, 4) is 5.75 Å². The second-order valence-corrected chi connectivity index (χ2v) is 5.44. The van der Waals surface area contributed by atoms with Gasteiger partial charge >= 0.3 is 5.97 Å². The normalized spacial score (nSPS) is 11.7. The van der Waals surface area contributed by atoms with Crippen molar-refractivity contribution >= 4 is 23.6 Å². The standard InChI is InChI=1S/C14H20N2O4S/c1-20-11-4-2-10(3-5-11)6-7-16-13(17)9-21-8-12(15)14(18)19/h2-5,12H,6-9,15H2,1H3,(H,16,17)(H,18,19)/t12-/m0/s1. The predicted molar refractivity (Wildman–Crippen MR) is 82.6 cm³/mol. The molecule has 0 saturated carbocycles. The number of benzene rings is 1. The number of nitrogens with one attached hydrogen (secondary N) is 1. The molecule has 1 amide bonds. The van der Waals surface area contributed by atoms with Gasteiger partial charge in [0.15, 0.2) is 0 Å². The van der Waals surface area contributed by atoms with E-state index in [-0.39, 0.29) is 17.4 Å². The van der Waals surface area contributed by atoms with Crippen molar-refractivity contribution in [3.05, 3.63) is 29.8 Å². The SMILES string of the molecule is COc1ccc(CCNC(=O)CSC[C@H](N)C(=O)O)cc1. The number of carboxylic acid groups (broad SMARTS) is 1. The van der Waals surface area contributed by atoms with Gasteiger partial charge in [-0.3, -0.25) is 9.59 Å². The quantitative estimate of drug-likeness (QED) is 0.614. The molecule has 116 valence electrons. The molecule has 1 atom stereocenters. The molecule has 0 aliphatic heterocycles. The summed E-state index contributed by atoms with van der Waals surface area (Å²) in [5.74, 6) is 0.0626. The summed E-state index contributed by atoms with van der Waals surface area (Å²) in [6, 6.07) is 6.72. The van der Waals surface area contributed by atoms with E-state index >= 15 is 0 Å². The van der Waals surface area contributed by atoms with Gasteiger partial charge in [0, 0.05) is 12.3 Å². The molecule has 4 N–H and O–H groups in total. The molecule has 0 spiro atoms. The third-order valence-electron chi connectivity index (χ3n) is 2.74. The Balaban J connectivity index is 2.16. The first-order valence-corrected chi connectivity index (χ1v) is 7.64. The van der Waals surface area contributed by atoms with Crippen LogP contribution in [0.2, 0.25) is 0 Å². The Morgan fingerprint density at radius 1 is 1.38 bits per heavy atom. The molecule has 0 aliphatic carbocycles. The summed E-state index contributed by atoms with van der Waals surface area (Å²) in [6.07, 6.45) is 0.731. The van der Waals surface area contributed by atoms with Crippen LogP contribution in [0.25, 0.3) is 0 Å². The van der Waals surface area contributed by atoms with E-state index in [2.05, 4.69) is 5.32 Å². The average Bonchev–Trinajstić information content (AvgIpc) is 2.47. The van der Waals surface area contributed by atoms with Crippen molar-refractivity contribution in [3.63, 3.8) is 0 Å². The molecule has 0 heterocycles. The number of rotatable bonds is 9. The maximum atomic E-state index is 11.5. The largest absolute Gasteiger partial charge is 0.497 e. The van der Waals surface area contributed by atoms with E-state index in [9.17, 15) is 9.59 Å². The van der Waals surface area contributed by atoms with E-state index in [0.29, 0.717) is 6.54 Å². The van der Waals surface area contributed by atoms with Crippen molar-refractivity contribution in [2.45, 2.75) is 12.5 Å². The highest BCUT2D eigenvalue weighted by molar-refractivity contribution is 8.00. The summed E-state index contributed by atoms with van der Waals surface area (Å²) in [5.41, 5.74) is 6.45. The fourth-order valence-electron chi connectivity index (χ4n) is 1.54. The third-order valence-corrected chi connectivity index (χ3v) is 3.80. The molecule has 1 aromatic rings. The summed E-state index contributed by atoms with van der Waals surface area (Å²) in [4.78, 5) is 22.0. The highest BCUT2D eigenvalue weighted by Crippen LogP contribution is 2.11. The Labute approximate surface area is 128 Å². The topological polar surface area (TPSA) is 102 Å². The maximum Gasteiger partial charge on any atom is 0.321 e. The molecule has 0 bridgehead atoms. The van der Waals surface area contributed by atoms with Crippen molar-refractivity contribution in [1.82, 2.24) is 5.32 Å². The van der Waals surface area contributed by atoms with E-state index in [1.165, 1.54) is 11.8 Å². The Bertz CT molecular complexity index is 465. The lowest BCUT2D eigenvalue weighted by molar-refractivity contribution is -0.138. The Hall–Kier alpha value is -1.73. The van der Waals surface area contributed by atoms with Gasteiger partial charge in [-0.15, -0.1) is 11.8 Å². The fraction of sp³-hybridized carbons (Fsp3) is 0.429. The van der Waals surface area contributed by atoms with Crippen LogP contribution in [-0.4, -0.2) is 48.2 Å². The zero-order chi connectivity index (χ0) is 15.7. The smallest absolute Gasteiger partial charge is 0.321 e. The summed E-state index contributed by atoms with van der Waals surface area (Å²) in [6.45, 7) is 0.538. The Morgan fingerprint density at radius 3 is 2.62 bits per heavy atom. The van der Waals surface area contributed by atoms with Gasteiger partial charge in [0.25, 0.3) is 0 Å². The average molecular weight is 312 g/mol. The highest BCUT2D eigenvalue weighted by Gasteiger charge is 2.11. The van der Waals surface area contributed by atoms with Gasteiger partial charge in [-0.05, 0) is 24.1 Å². The van der Waals surface area contributed by atoms with Crippen LogP contribution in [0, 0.1) is 0 Å². The molecule has 0 aliphatic rings. The maximum absolute atomic E-state index is 11.5. The molecule has 0 aromatic heterocycles. The summed E-state index contributed by atoms with van der Waals surface area (Å²) in [5, 5.41) is 11.4. The minimum atomic E-state index is -1.05. The van der Waals surface area contributed by atoms with Crippen molar-refractivity contribution < 1.29 is 19.4 Å². The number of methoxy groups -OCH3 is 1. The van der Waals surface area contributed by atoms with Gasteiger partial charge in [-0.25, -0.2) is 0 Å². The number of hydrogen-bond donors (Lipinski definition) is 3. The molecular formula is C14H20N2O4S. The number of amides is 1. The van der Waals surface area contributed by atoms with Crippen LogP contribution in [-0.2, 0) is 16.0 Å². The minimum Gasteiger partial charge on any atom is -0.497 e. The van der Waals surface area contributed by atoms with Gasteiger partial charge < -0.3 is 20.9 Å². The van der Waals surface area contributed by atoms with Crippen LogP contribution < -0.4 is 15.8 Å². The van der Waals surface area contributed by atoms with E-state index in [4.69, 9.17) is 15.6 Å². The van der Waals surface area contributed by atoms with Crippen molar-refractivity contribution in [2.24, 2.45) is 5.73 Å². The highest BCUT2D eigenvalue weighted by atomic mass is 32.2. The monoisotopic (exact) mass is 312 g/mol. The molecule has 1 rings (SSSR count). The number of thioether (sulfide) groups is 1. The van der Waals surface area contributed by atoms with Crippen molar-refractivity contribution in [1.29, 1.82) is 0 Å². The van der Waals surface area contributed by atoms with Crippen LogP contribution in [0.3, 0.4) is 0 Å². The van der Waals surface area contributed by atoms with Gasteiger partial charge in [-0.1, -0.05) is 12.1 Å². The van der Waals surface area contributed by atoms with Gasteiger partial charge in [-0.2, -0.15) is 0 Å². The number of carbonyl (C=O) groups is 2. The first-order chi connectivity index (χ1) is 10.0. The third kappa shape index (κ3) is 7.01. The second-order valence-electron chi connectivity index (χ2n) is 4.41. The van der Waals surface area contributed by atoms with Crippen LogP contribution in [0.15, 0.2) is 24.3 Å². The lowest BCUT2D eigenvalue weighted by Gasteiger charge is -2.07. The van der Waals surface area contributed by atoms with Crippen LogP contribution in [0.5, 0.6) is 5.75 Å². The Morgan fingerprint density at radius 2 is 2.05 bits per heavy atom. The Kier molecular flexibility index (Phi) is 7.63. The number of aliphatic carboxylic acids is 1. The predicted octanol–water partition coefficient (Wildman–Crippen LogP) is 0.499. The lowest BCUT2D eigenvalue weighted by Crippen LogP contribution is -2.33. The zero-order valence-electron chi connectivity index (χ0n) is 11.9. The number of nitrogens with two attached hydrogens (primary N) is 1. The zero-order valence-corrected chi connectivity index (χ0v) is 12.7. The van der Waals surface area contributed by atoms with Gasteiger partial charge in [0.05, 0.1) is 12.9 Å². The van der Waals surface area contributed by atoms with Gasteiger partial charge in [0.1, 0.15) is 11.8 Å². The number of hydrogen-bond acceptors (Lipinski definition) is 5. The lowest BCUT2D eigenvalue weighted by atomic mass is 10.1. The number of carbonyl (C=O) groups excluding carboxylic acids is 1. The molecule has 0 unspecified atom stereocenters. The van der Waals surface area contributed by atoms with E-state index in [0.717, 1.165) is 17.7 Å². The first kappa shape index (κ1) is 17.3. The van der Waals surface area contributed by atoms with Crippen molar-refractivity contribution in [2.75, 3.05) is 25.2 Å². The summed E-state index contributed by atoms with van der Waals surface area (Å²) >= 11 is 1.21. The van der Waals surface area contributed by atoms with E-state index in [1.54, 1.807) is 7.11 Å². The van der Waals surface area contributed by atoms with E-state index in [1.807, 2.05) is 24.3 Å². The van der Waals surface area contributed by atoms with Crippen LogP contribution in [0.4, 0.5) is 0 Å². The number of ether oxygens (including phenoxy) is 1. The molecule has 7 heteroatoms. The first-order valence-electron chi connectivity index (χ1n) is 6.48. The van der Waals surface area contributed by atoms with Crippen LogP contribution in [0.1, 0.15) is 5.56 Å². The number of carboxylic acids is 1. The minimum absolute atomic E-state index is 0.119. The molecule has 21 heavy (non-hydrogen) atoms. The van der Waals surface area contributed by atoms with E-state index < -0.39 is 12.0 Å². The van der Waals surface area contributed by atoms with Crippen LogP contribution >= 0.6 is 11.8 Å². The fourth-order valence-corrected chi connectivity index (χ4v) is 2.34.